The number of carbonyl (C=O) groups excluding carboxylic acids is 1. The average Bonchev–Trinajstić information content (AvgIpc) is 3.10. The van der Waals surface area contributed by atoms with Crippen LogP contribution in [0, 0.1) is 0 Å². The molecule has 1 aromatic carbocycles. The third-order valence-corrected chi connectivity index (χ3v) is 4.40. The molecule has 0 fully saturated rings. The highest BCUT2D eigenvalue weighted by molar-refractivity contribution is 8.16. The Morgan fingerprint density at radius 1 is 1.41 bits per heavy atom. The number of thioether (sulfide) groups is 1. The van der Waals surface area contributed by atoms with Crippen molar-refractivity contribution in [1.82, 2.24) is 10.2 Å². The van der Waals surface area contributed by atoms with Gasteiger partial charge in [0.05, 0.1) is 18.5 Å². The molecule has 2 aliphatic rings. The molecule has 0 unspecified atom stereocenters. The van der Waals surface area contributed by atoms with Gasteiger partial charge in [0, 0.05) is 18.8 Å². The lowest BCUT2D eigenvalue weighted by atomic mass is 10.1. The van der Waals surface area contributed by atoms with Gasteiger partial charge in [-0.05, 0) is 23.1 Å². The van der Waals surface area contributed by atoms with E-state index in [0.29, 0.717) is 13.0 Å². The molecule has 1 amide bonds. The summed E-state index contributed by atoms with van der Waals surface area (Å²) in [6.07, 6.45) is 0.310. The van der Waals surface area contributed by atoms with Gasteiger partial charge in [-0.25, -0.2) is 4.79 Å². The Kier molecular flexibility index (Phi) is 4.15. The van der Waals surface area contributed by atoms with Gasteiger partial charge in [-0.3, -0.25) is 9.79 Å². The second-order valence-corrected chi connectivity index (χ2v) is 5.84. The average molecular weight is 317 g/mol. The summed E-state index contributed by atoms with van der Waals surface area (Å²) in [5.74, 6) is -1.05. The summed E-state index contributed by atoms with van der Waals surface area (Å²) in [6, 6.07) is 6.57. The lowest BCUT2D eigenvalue weighted by Crippen LogP contribution is -2.28. The quantitative estimate of drug-likeness (QED) is 0.863. The maximum atomic E-state index is 12.0. The molecule has 0 atom stereocenters. The zero-order valence-corrected chi connectivity index (χ0v) is 12.6. The lowest BCUT2D eigenvalue weighted by molar-refractivity contribution is -0.120. The molecule has 2 aliphatic heterocycles. The molecule has 0 aliphatic carbocycles. The fourth-order valence-electron chi connectivity index (χ4n) is 2.36. The number of aliphatic imine (C=N–C) groups is 1. The molecule has 3 rings (SSSR count). The van der Waals surface area contributed by atoms with Crippen LogP contribution in [0.5, 0.6) is 0 Å². The third-order valence-electron chi connectivity index (χ3n) is 3.45. The summed E-state index contributed by atoms with van der Waals surface area (Å²) in [6.45, 7) is 1.94. The number of hydrogen-bond donors (Lipinski definition) is 2. The van der Waals surface area contributed by atoms with E-state index in [1.807, 2.05) is 5.41 Å². The van der Waals surface area contributed by atoms with E-state index in [4.69, 9.17) is 5.11 Å². The fourth-order valence-corrected chi connectivity index (χ4v) is 3.31. The van der Waals surface area contributed by atoms with Crippen molar-refractivity contribution in [2.24, 2.45) is 4.99 Å². The van der Waals surface area contributed by atoms with Gasteiger partial charge in [0.1, 0.15) is 0 Å². The number of carboxylic acids is 1. The SMILES string of the molecule is O=C(CC1=CSC2=NCCN12)NCc1cccc(C(=O)O)c1. The van der Waals surface area contributed by atoms with Crippen molar-refractivity contribution in [2.75, 3.05) is 13.1 Å². The van der Waals surface area contributed by atoms with Crippen molar-refractivity contribution in [3.8, 4) is 0 Å². The molecular formula is C15H15N3O3S. The number of carboxylic acid groups (broad SMARTS) is 1. The van der Waals surface area contributed by atoms with Crippen LogP contribution in [-0.2, 0) is 11.3 Å². The predicted molar refractivity (Wildman–Crippen MR) is 84.5 cm³/mol. The Balaban J connectivity index is 1.53. The van der Waals surface area contributed by atoms with E-state index in [9.17, 15) is 9.59 Å². The number of aromatic carboxylic acids is 1. The number of carbonyl (C=O) groups is 2. The van der Waals surface area contributed by atoms with Gasteiger partial charge in [-0.1, -0.05) is 23.9 Å². The molecule has 0 saturated carbocycles. The number of benzene rings is 1. The van der Waals surface area contributed by atoms with Crippen LogP contribution in [0.15, 0.2) is 40.4 Å². The van der Waals surface area contributed by atoms with Crippen molar-refractivity contribution in [2.45, 2.75) is 13.0 Å². The number of nitrogens with zero attached hydrogens (tertiary/aromatic N) is 2. The minimum absolute atomic E-state index is 0.0827. The molecular weight excluding hydrogens is 302 g/mol. The van der Waals surface area contributed by atoms with E-state index in [1.165, 1.54) is 6.07 Å². The monoisotopic (exact) mass is 317 g/mol. The van der Waals surface area contributed by atoms with E-state index in [2.05, 4.69) is 15.2 Å². The molecule has 0 spiro atoms. The van der Waals surface area contributed by atoms with Gasteiger partial charge in [-0.2, -0.15) is 0 Å². The first-order chi connectivity index (χ1) is 10.6. The highest BCUT2D eigenvalue weighted by Gasteiger charge is 2.27. The Morgan fingerprint density at radius 2 is 2.27 bits per heavy atom. The van der Waals surface area contributed by atoms with Gasteiger partial charge < -0.3 is 15.3 Å². The lowest BCUT2D eigenvalue weighted by Gasteiger charge is -2.16. The van der Waals surface area contributed by atoms with Gasteiger partial charge in [0.25, 0.3) is 0 Å². The summed E-state index contributed by atoms with van der Waals surface area (Å²) in [4.78, 5) is 29.4. The van der Waals surface area contributed by atoms with Crippen LogP contribution in [0.2, 0.25) is 0 Å². The van der Waals surface area contributed by atoms with E-state index < -0.39 is 5.97 Å². The van der Waals surface area contributed by atoms with Crippen molar-refractivity contribution >= 4 is 28.8 Å². The van der Waals surface area contributed by atoms with Crippen LogP contribution in [-0.4, -0.2) is 40.1 Å². The molecule has 7 heteroatoms. The minimum Gasteiger partial charge on any atom is -0.478 e. The molecule has 2 N–H and O–H groups in total. The Labute approximate surface area is 131 Å². The fraction of sp³-hybridized carbons (Fsp3) is 0.267. The van der Waals surface area contributed by atoms with Gasteiger partial charge in [0.2, 0.25) is 5.91 Å². The first-order valence-corrected chi connectivity index (χ1v) is 7.78. The smallest absolute Gasteiger partial charge is 0.335 e. The van der Waals surface area contributed by atoms with E-state index in [1.54, 1.807) is 30.0 Å². The normalized spacial score (nSPS) is 16.1. The first kappa shape index (κ1) is 14.6. The van der Waals surface area contributed by atoms with E-state index >= 15 is 0 Å². The summed E-state index contributed by atoms with van der Waals surface area (Å²) >= 11 is 1.55. The number of fused-ring (bicyclic) bond motifs is 1. The number of amidine groups is 1. The largest absolute Gasteiger partial charge is 0.478 e. The summed E-state index contributed by atoms with van der Waals surface area (Å²) in [5, 5.41) is 14.7. The zero-order valence-electron chi connectivity index (χ0n) is 11.8. The summed E-state index contributed by atoms with van der Waals surface area (Å²) in [7, 11) is 0. The van der Waals surface area contributed by atoms with Gasteiger partial charge in [-0.15, -0.1) is 0 Å². The number of rotatable bonds is 5. The summed E-state index contributed by atoms with van der Waals surface area (Å²) < 4.78 is 0. The summed E-state index contributed by atoms with van der Waals surface area (Å²) in [5.41, 5.74) is 1.96. The molecule has 0 bridgehead atoms. The second kappa shape index (κ2) is 6.23. The predicted octanol–water partition coefficient (Wildman–Crippen LogP) is 1.65. The topological polar surface area (TPSA) is 82.0 Å². The van der Waals surface area contributed by atoms with Gasteiger partial charge in [0.15, 0.2) is 5.17 Å². The number of amides is 1. The number of nitrogens with one attached hydrogen (secondary N) is 1. The van der Waals surface area contributed by atoms with Crippen LogP contribution < -0.4 is 5.32 Å². The van der Waals surface area contributed by atoms with Gasteiger partial charge >= 0.3 is 5.97 Å². The van der Waals surface area contributed by atoms with Crippen LogP contribution in [0.4, 0.5) is 0 Å². The van der Waals surface area contributed by atoms with Crippen molar-refractivity contribution in [1.29, 1.82) is 0 Å². The van der Waals surface area contributed by atoms with Crippen molar-refractivity contribution in [3.63, 3.8) is 0 Å². The highest BCUT2D eigenvalue weighted by Crippen LogP contribution is 2.30. The first-order valence-electron chi connectivity index (χ1n) is 6.90. The van der Waals surface area contributed by atoms with Crippen LogP contribution >= 0.6 is 11.8 Å². The van der Waals surface area contributed by atoms with Crippen LogP contribution in [0.3, 0.4) is 0 Å². The Bertz CT molecular complexity index is 684. The molecule has 2 heterocycles. The minimum atomic E-state index is -0.970. The van der Waals surface area contributed by atoms with Crippen molar-refractivity contribution in [3.05, 3.63) is 46.5 Å². The molecule has 1 aromatic rings. The van der Waals surface area contributed by atoms with E-state index in [0.717, 1.165) is 29.5 Å². The maximum Gasteiger partial charge on any atom is 0.335 e. The van der Waals surface area contributed by atoms with Crippen LogP contribution in [0.25, 0.3) is 0 Å². The molecule has 114 valence electrons. The van der Waals surface area contributed by atoms with E-state index in [-0.39, 0.29) is 11.5 Å². The Hall–Kier alpha value is -2.28. The Morgan fingerprint density at radius 3 is 3.09 bits per heavy atom. The second-order valence-electron chi connectivity index (χ2n) is 5.00. The maximum absolute atomic E-state index is 12.0. The molecule has 0 radical (unpaired) electrons. The van der Waals surface area contributed by atoms with Crippen LogP contribution in [0.1, 0.15) is 22.3 Å². The number of hydrogen-bond acceptors (Lipinski definition) is 5. The molecule has 6 nitrogen and oxygen atoms in total. The van der Waals surface area contributed by atoms with Crippen molar-refractivity contribution < 1.29 is 14.7 Å². The standard InChI is InChI=1S/C15H15N3O3S/c19-13(7-12-9-22-15-16-4-5-18(12)15)17-8-10-2-1-3-11(6-10)14(20)21/h1-3,6,9H,4-5,7-8H2,(H,17,19)(H,20,21). The highest BCUT2D eigenvalue weighted by atomic mass is 32.2. The third kappa shape index (κ3) is 3.14. The molecule has 0 aromatic heterocycles. The molecule has 22 heavy (non-hydrogen) atoms. The molecule has 0 saturated heterocycles. The zero-order chi connectivity index (χ0) is 15.5.